The zero-order valence-corrected chi connectivity index (χ0v) is 8.90. The second kappa shape index (κ2) is 4.53. The molecule has 0 unspecified atom stereocenters. The second-order valence-corrected chi connectivity index (χ2v) is 4.24. The van der Waals surface area contributed by atoms with E-state index in [9.17, 15) is 4.79 Å². The topological polar surface area (TPSA) is 29.1 Å². The van der Waals surface area contributed by atoms with Gasteiger partial charge in [0, 0.05) is 5.41 Å². The minimum atomic E-state index is -0.261. The van der Waals surface area contributed by atoms with E-state index in [1.54, 1.807) is 0 Å². The quantitative estimate of drug-likeness (QED) is 0.644. The van der Waals surface area contributed by atoms with Crippen molar-refractivity contribution in [1.29, 1.82) is 0 Å². The summed E-state index contributed by atoms with van der Waals surface area (Å²) < 4.78 is 0. The van der Waals surface area contributed by atoms with Crippen LogP contribution in [0, 0.1) is 5.41 Å². The lowest BCUT2D eigenvalue weighted by atomic mass is 9.57. The Hall–Kier alpha value is -0.465. The Morgan fingerprint density at radius 3 is 1.92 bits per heavy atom. The van der Waals surface area contributed by atoms with Gasteiger partial charge in [-0.15, -0.1) is 0 Å². The zero-order valence-electron chi connectivity index (χ0n) is 8.90. The molecule has 70 valence electrons. The third-order valence-corrected chi connectivity index (χ3v) is 2.00. The van der Waals surface area contributed by atoms with Crippen LogP contribution in [0.25, 0.3) is 0 Å². The number of amides is 1. The largest absolute Gasteiger partial charge is 0.399 e. The highest BCUT2D eigenvalue weighted by Crippen LogP contribution is 2.13. The fourth-order valence-electron chi connectivity index (χ4n) is 0.895. The summed E-state index contributed by atoms with van der Waals surface area (Å²) in [5, 5.41) is 3.02. The molecule has 2 nitrogen and oxygen atoms in total. The fraction of sp³-hybridized carbons (Fsp3) is 0.889. The Kier molecular flexibility index (Phi) is 4.36. The number of hydrogen-bond acceptors (Lipinski definition) is 1. The maximum absolute atomic E-state index is 11.5. The summed E-state index contributed by atoms with van der Waals surface area (Å²) in [5.41, 5.74) is -0.261. The molecule has 0 aromatic heterocycles. The average Bonchev–Trinajstić information content (AvgIpc) is 1.97. The first-order chi connectivity index (χ1) is 5.41. The molecule has 0 radical (unpaired) electrons. The van der Waals surface area contributed by atoms with Crippen molar-refractivity contribution in [1.82, 2.24) is 5.23 Å². The van der Waals surface area contributed by atoms with Gasteiger partial charge in [-0.1, -0.05) is 47.3 Å². The number of hydrogen-bond donors (Lipinski definition) is 1. The van der Waals surface area contributed by atoms with Gasteiger partial charge in [-0.2, -0.15) is 0 Å². The molecule has 1 amide bonds. The van der Waals surface area contributed by atoms with Crippen LogP contribution in [0.5, 0.6) is 0 Å². The Balaban J connectivity index is 3.99. The summed E-state index contributed by atoms with van der Waals surface area (Å²) in [5.74, 6) is 0.149. The number of carbonyl (C=O) groups is 1. The van der Waals surface area contributed by atoms with Crippen molar-refractivity contribution < 1.29 is 4.79 Å². The Morgan fingerprint density at radius 1 is 1.25 bits per heavy atom. The van der Waals surface area contributed by atoms with Crippen molar-refractivity contribution in [2.45, 2.75) is 47.3 Å². The van der Waals surface area contributed by atoms with Crippen LogP contribution in [-0.2, 0) is 4.79 Å². The molecule has 0 aliphatic heterocycles. The maximum atomic E-state index is 11.5. The van der Waals surface area contributed by atoms with Crippen LogP contribution in [-0.4, -0.2) is 12.8 Å². The smallest absolute Gasteiger partial charge is 0.253 e. The van der Waals surface area contributed by atoms with Gasteiger partial charge in [0.2, 0.25) is 5.91 Å². The first-order valence-corrected chi connectivity index (χ1v) is 4.72. The van der Waals surface area contributed by atoms with E-state index in [0.717, 1.165) is 12.6 Å². The molecule has 0 aromatic carbocycles. The highest BCUT2D eigenvalue weighted by atomic mass is 16.1. The van der Waals surface area contributed by atoms with Gasteiger partial charge in [-0.3, -0.25) is 4.79 Å². The summed E-state index contributed by atoms with van der Waals surface area (Å²) in [6.45, 7) is 10.3. The van der Waals surface area contributed by atoms with E-state index in [1.165, 1.54) is 0 Å². The standard InChI is InChI=1S/C9H20BNO/c1-6-10(7-2)11-8(12)9(3,4)5/h6-7H2,1-5H3,(H,11,12). The Labute approximate surface area is 76.2 Å². The van der Waals surface area contributed by atoms with Crippen molar-refractivity contribution in [3.63, 3.8) is 0 Å². The van der Waals surface area contributed by atoms with Crippen LogP contribution >= 0.6 is 0 Å². The van der Waals surface area contributed by atoms with E-state index < -0.39 is 0 Å². The van der Waals surface area contributed by atoms with Gasteiger partial charge in [0.1, 0.15) is 0 Å². The SMILES string of the molecule is CCB(CC)NC(=O)C(C)(C)C. The van der Waals surface area contributed by atoms with Gasteiger partial charge in [-0.25, -0.2) is 0 Å². The highest BCUT2D eigenvalue weighted by molar-refractivity contribution is 6.58. The molecule has 0 saturated heterocycles. The van der Waals surface area contributed by atoms with Crippen LogP contribution in [0.4, 0.5) is 0 Å². The van der Waals surface area contributed by atoms with Crippen molar-refractivity contribution >= 4 is 12.8 Å². The van der Waals surface area contributed by atoms with Gasteiger partial charge >= 0.3 is 0 Å². The molecule has 3 heteroatoms. The molecule has 0 heterocycles. The maximum Gasteiger partial charge on any atom is 0.253 e. The van der Waals surface area contributed by atoms with Gasteiger partial charge in [0.05, 0.1) is 0 Å². The van der Waals surface area contributed by atoms with Crippen molar-refractivity contribution in [3.05, 3.63) is 0 Å². The molecule has 0 saturated carbocycles. The van der Waals surface area contributed by atoms with E-state index in [2.05, 4.69) is 19.1 Å². The van der Waals surface area contributed by atoms with Crippen molar-refractivity contribution in [2.75, 3.05) is 0 Å². The van der Waals surface area contributed by atoms with Crippen LogP contribution < -0.4 is 5.23 Å². The zero-order chi connectivity index (χ0) is 9.78. The summed E-state index contributed by atoms with van der Waals surface area (Å²) in [4.78, 5) is 11.5. The molecule has 0 fully saturated rings. The van der Waals surface area contributed by atoms with Gasteiger partial charge in [-0.05, 0) is 0 Å². The van der Waals surface area contributed by atoms with Crippen LogP contribution in [0.1, 0.15) is 34.6 Å². The lowest BCUT2D eigenvalue weighted by molar-refractivity contribution is -0.126. The normalized spacial score (nSPS) is 11.1. The second-order valence-electron chi connectivity index (χ2n) is 4.24. The van der Waals surface area contributed by atoms with Crippen LogP contribution in [0.15, 0.2) is 0 Å². The molecule has 0 aromatic rings. The van der Waals surface area contributed by atoms with Crippen LogP contribution in [0.3, 0.4) is 0 Å². The Morgan fingerprint density at radius 2 is 1.67 bits per heavy atom. The molecule has 1 N–H and O–H groups in total. The summed E-state index contributed by atoms with van der Waals surface area (Å²) in [7, 11) is 0. The molecule has 0 spiro atoms. The minimum absolute atomic E-state index is 0.149. The summed E-state index contributed by atoms with van der Waals surface area (Å²) in [6.07, 6.45) is 2.02. The third kappa shape index (κ3) is 3.79. The van der Waals surface area contributed by atoms with E-state index in [1.807, 2.05) is 20.8 Å². The predicted molar refractivity (Wildman–Crippen MR) is 54.3 cm³/mol. The summed E-state index contributed by atoms with van der Waals surface area (Å²) >= 11 is 0. The lowest BCUT2D eigenvalue weighted by Crippen LogP contribution is -2.43. The van der Waals surface area contributed by atoms with Crippen LogP contribution in [0.2, 0.25) is 12.6 Å². The predicted octanol–water partition coefficient (Wildman–Crippen LogP) is 2.18. The van der Waals surface area contributed by atoms with Gasteiger partial charge in [0.25, 0.3) is 6.85 Å². The lowest BCUT2D eigenvalue weighted by Gasteiger charge is -2.20. The molecule has 0 atom stereocenters. The molecular weight excluding hydrogens is 149 g/mol. The van der Waals surface area contributed by atoms with Crippen molar-refractivity contribution in [3.8, 4) is 0 Å². The van der Waals surface area contributed by atoms with Gasteiger partial charge < -0.3 is 5.23 Å². The van der Waals surface area contributed by atoms with E-state index in [-0.39, 0.29) is 11.3 Å². The number of nitrogens with one attached hydrogen (secondary N) is 1. The Bertz CT molecular complexity index is 147. The first-order valence-electron chi connectivity index (χ1n) is 4.72. The molecule has 12 heavy (non-hydrogen) atoms. The van der Waals surface area contributed by atoms with Crippen molar-refractivity contribution in [2.24, 2.45) is 5.41 Å². The third-order valence-electron chi connectivity index (χ3n) is 2.00. The summed E-state index contributed by atoms with van der Waals surface area (Å²) in [6, 6.07) is 0. The van der Waals surface area contributed by atoms with Gasteiger partial charge in [0.15, 0.2) is 0 Å². The molecular formula is C9H20BNO. The van der Waals surface area contributed by atoms with E-state index >= 15 is 0 Å². The average molecular weight is 169 g/mol. The minimum Gasteiger partial charge on any atom is -0.399 e. The molecule has 0 aliphatic carbocycles. The van der Waals surface area contributed by atoms with E-state index in [0.29, 0.717) is 6.85 Å². The first kappa shape index (κ1) is 11.5. The molecule has 0 aliphatic rings. The number of carbonyl (C=O) groups excluding carboxylic acids is 1. The number of rotatable bonds is 3. The fourth-order valence-corrected chi connectivity index (χ4v) is 0.895. The monoisotopic (exact) mass is 169 g/mol. The molecule has 0 rings (SSSR count). The van der Waals surface area contributed by atoms with E-state index in [4.69, 9.17) is 0 Å². The molecule has 0 bridgehead atoms. The highest BCUT2D eigenvalue weighted by Gasteiger charge is 2.23.